The fraction of sp³-hybridized carbons (Fsp3) is 0.444. The van der Waals surface area contributed by atoms with E-state index < -0.39 is 24.1 Å². The molecule has 1 rings (SSSR count). The minimum absolute atomic E-state index is 0.0550. The number of aliphatic hydroxyl groups is 2. The molecular weight excluding hydrogens is 344 g/mol. The van der Waals surface area contributed by atoms with Crippen LogP contribution in [-0.2, 0) is 19.1 Å². The predicted molar refractivity (Wildman–Crippen MR) is 91.9 cm³/mol. The Morgan fingerprint density at radius 3 is 2.08 bits per heavy atom. The lowest BCUT2D eigenvalue weighted by Crippen LogP contribution is -2.25. The average Bonchev–Trinajstić information content (AvgIpc) is 2.67. The van der Waals surface area contributed by atoms with E-state index in [1.165, 1.54) is 0 Å². The van der Waals surface area contributed by atoms with E-state index in [2.05, 4.69) is 6.58 Å². The number of aliphatic hydroxyl groups excluding tert-OH is 2. The molecule has 0 aliphatic carbocycles. The maximum atomic E-state index is 11.0. The van der Waals surface area contributed by atoms with Crippen LogP contribution < -0.4 is 9.47 Å². The van der Waals surface area contributed by atoms with Gasteiger partial charge in [-0.15, -0.1) is 0 Å². The van der Waals surface area contributed by atoms with Gasteiger partial charge in [0.25, 0.3) is 0 Å². The van der Waals surface area contributed by atoms with Crippen molar-refractivity contribution in [3.63, 3.8) is 0 Å². The Kier molecular flexibility index (Phi) is 9.81. The fourth-order valence-electron chi connectivity index (χ4n) is 1.66. The quantitative estimate of drug-likeness (QED) is 0.413. The second-order valence-corrected chi connectivity index (χ2v) is 5.28. The summed E-state index contributed by atoms with van der Waals surface area (Å²) in [7, 11) is 0. The second kappa shape index (κ2) is 11.9. The molecule has 0 spiro atoms. The molecule has 2 unspecified atom stereocenters. The van der Waals surface area contributed by atoms with Crippen LogP contribution in [0.25, 0.3) is 0 Å². The van der Waals surface area contributed by atoms with Crippen LogP contribution in [0.15, 0.2) is 36.9 Å². The zero-order valence-corrected chi connectivity index (χ0v) is 14.6. The lowest BCUT2D eigenvalue weighted by Gasteiger charge is -2.14. The molecule has 8 heteroatoms. The maximum absolute atomic E-state index is 11.0. The van der Waals surface area contributed by atoms with Crippen molar-refractivity contribution >= 4 is 11.9 Å². The first-order chi connectivity index (χ1) is 12.4. The molecule has 0 heterocycles. The SMILES string of the molecule is C=CC(=O)OCC(O)COc1cccc(OCC(O)COC(=O)CC)c1. The van der Waals surface area contributed by atoms with Crippen molar-refractivity contribution in [2.24, 2.45) is 0 Å². The van der Waals surface area contributed by atoms with Crippen LogP contribution in [0.4, 0.5) is 0 Å². The summed E-state index contributed by atoms with van der Waals surface area (Å²) in [6, 6.07) is 6.58. The predicted octanol–water partition coefficient (Wildman–Crippen LogP) is 0.848. The number of rotatable bonds is 12. The van der Waals surface area contributed by atoms with E-state index in [1.54, 1.807) is 31.2 Å². The van der Waals surface area contributed by atoms with Crippen LogP contribution in [0, 0.1) is 0 Å². The average molecular weight is 368 g/mol. The lowest BCUT2D eigenvalue weighted by molar-refractivity contribution is -0.146. The smallest absolute Gasteiger partial charge is 0.330 e. The van der Waals surface area contributed by atoms with Gasteiger partial charge in [-0.1, -0.05) is 19.6 Å². The van der Waals surface area contributed by atoms with Gasteiger partial charge in [0.1, 0.15) is 50.1 Å². The van der Waals surface area contributed by atoms with Crippen molar-refractivity contribution in [2.75, 3.05) is 26.4 Å². The third kappa shape index (κ3) is 9.05. The summed E-state index contributed by atoms with van der Waals surface area (Å²) >= 11 is 0. The summed E-state index contributed by atoms with van der Waals surface area (Å²) in [6.07, 6.45) is -0.688. The summed E-state index contributed by atoms with van der Waals surface area (Å²) in [5, 5.41) is 19.4. The summed E-state index contributed by atoms with van der Waals surface area (Å²) in [5.74, 6) is -0.140. The molecule has 0 fully saturated rings. The van der Waals surface area contributed by atoms with Gasteiger partial charge in [0, 0.05) is 18.6 Å². The minimum atomic E-state index is -0.987. The van der Waals surface area contributed by atoms with Crippen LogP contribution in [0.5, 0.6) is 11.5 Å². The van der Waals surface area contributed by atoms with Gasteiger partial charge in [-0.05, 0) is 12.1 Å². The highest BCUT2D eigenvalue weighted by atomic mass is 16.6. The van der Waals surface area contributed by atoms with E-state index in [-0.39, 0.29) is 32.8 Å². The van der Waals surface area contributed by atoms with E-state index >= 15 is 0 Å². The summed E-state index contributed by atoms with van der Waals surface area (Å²) in [6.45, 7) is 4.44. The lowest BCUT2D eigenvalue weighted by atomic mass is 10.3. The van der Waals surface area contributed by atoms with E-state index in [1.807, 2.05) is 0 Å². The molecule has 0 aliphatic heterocycles. The number of benzene rings is 1. The van der Waals surface area contributed by atoms with Gasteiger partial charge in [0.05, 0.1) is 0 Å². The Hall–Kier alpha value is -2.58. The molecule has 0 aromatic heterocycles. The second-order valence-electron chi connectivity index (χ2n) is 5.28. The molecular formula is C18H24O8. The van der Waals surface area contributed by atoms with Crippen molar-refractivity contribution in [3.8, 4) is 11.5 Å². The molecule has 1 aromatic carbocycles. The van der Waals surface area contributed by atoms with Crippen molar-refractivity contribution in [2.45, 2.75) is 25.6 Å². The molecule has 144 valence electrons. The van der Waals surface area contributed by atoms with Gasteiger partial charge in [-0.25, -0.2) is 4.79 Å². The normalized spacial score (nSPS) is 12.6. The number of carbonyl (C=O) groups excluding carboxylic acids is 2. The van der Waals surface area contributed by atoms with Gasteiger partial charge in [0.15, 0.2) is 0 Å². The molecule has 0 aliphatic rings. The first-order valence-corrected chi connectivity index (χ1v) is 8.11. The van der Waals surface area contributed by atoms with Crippen molar-refractivity contribution in [1.29, 1.82) is 0 Å². The number of esters is 2. The molecule has 0 saturated heterocycles. The van der Waals surface area contributed by atoms with Crippen LogP contribution in [0.1, 0.15) is 13.3 Å². The number of carbonyl (C=O) groups is 2. The Labute approximate surface area is 151 Å². The topological polar surface area (TPSA) is 112 Å². The molecule has 8 nitrogen and oxygen atoms in total. The monoisotopic (exact) mass is 368 g/mol. The highest BCUT2D eigenvalue weighted by molar-refractivity contribution is 5.81. The number of hydrogen-bond acceptors (Lipinski definition) is 8. The Bertz CT molecular complexity index is 586. The van der Waals surface area contributed by atoms with Gasteiger partial charge < -0.3 is 29.2 Å². The minimum Gasteiger partial charge on any atom is -0.491 e. The Morgan fingerprint density at radius 2 is 1.58 bits per heavy atom. The molecule has 0 radical (unpaired) electrons. The van der Waals surface area contributed by atoms with Gasteiger partial charge in [0.2, 0.25) is 0 Å². The first kappa shape index (κ1) is 21.5. The maximum Gasteiger partial charge on any atom is 0.330 e. The van der Waals surface area contributed by atoms with E-state index in [4.69, 9.17) is 18.9 Å². The first-order valence-electron chi connectivity index (χ1n) is 8.11. The standard InChI is InChI=1S/C18H24O8/c1-3-17(21)25-11-13(19)9-23-15-6-5-7-16(8-15)24-10-14(20)12-26-18(22)4-2/h3,5-8,13-14,19-20H,1,4,9-12H2,2H3. The third-order valence-corrected chi connectivity index (χ3v) is 3.00. The number of ether oxygens (including phenoxy) is 4. The van der Waals surface area contributed by atoms with Gasteiger partial charge in [-0.2, -0.15) is 0 Å². The Balaban J connectivity index is 2.36. The summed E-state index contributed by atoms with van der Waals surface area (Å²) in [5.41, 5.74) is 0. The van der Waals surface area contributed by atoms with Crippen molar-refractivity contribution < 1.29 is 38.7 Å². The largest absolute Gasteiger partial charge is 0.491 e. The molecule has 26 heavy (non-hydrogen) atoms. The molecule has 0 saturated carbocycles. The van der Waals surface area contributed by atoms with E-state index in [0.717, 1.165) is 6.08 Å². The van der Waals surface area contributed by atoms with Gasteiger partial charge in [-0.3, -0.25) is 4.79 Å². The molecule has 2 atom stereocenters. The van der Waals surface area contributed by atoms with Crippen LogP contribution in [0.3, 0.4) is 0 Å². The summed E-state index contributed by atoms with van der Waals surface area (Å²) < 4.78 is 20.3. The zero-order chi connectivity index (χ0) is 19.4. The fourth-order valence-corrected chi connectivity index (χ4v) is 1.66. The summed E-state index contributed by atoms with van der Waals surface area (Å²) in [4.78, 5) is 21.9. The van der Waals surface area contributed by atoms with Crippen LogP contribution >= 0.6 is 0 Å². The third-order valence-electron chi connectivity index (χ3n) is 3.00. The van der Waals surface area contributed by atoms with Crippen molar-refractivity contribution in [1.82, 2.24) is 0 Å². The molecule has 0 bridgehead atoms. The van der Waals surface area contributed by atoms with Crippen molar-refractivity contribution in [3.05, 3.63) is 36.9 Å². The van der Waals surface area contributed by atoms with Crippen LogP contribution in [0.2, 0.25) is 0 Å². The highest BCUT2D eigenvalue weighted by Gasteiger charge is 2.10. The Morgan fingerprint density at radius 1 is 1.04 bits per heavy atom. The highest BCUT2D eigenvalue weighted by Crippen LogP contribution is 2.19. The zero-order valence-electron chi connectivity index (χ0n) is 14.6. The van der Waals surface area contributed by atoms with Crippen LogP contribution in [-0.4, -0.2) is 60.8 Å². The molecule has 2 N–H and O–H groups in total. The molecule has 0 amide bonds. The number of hydrogen-bond donors (Lipinski definition) is 2. The van der Waals surface area contributed by atoms with Gasteiger partial charge >= 0.3 is 11.9 Å². The van der Waals surface area contributed by atoms with E-state index in [0.29, 0.717) is 11.5 Å². The molecule has 1 aromatic rings. The van der Waals surface area contributed by atoms with E-state index in [9.17, 15) is 19.8 Å².